The van der Waals surface area contributed by atoms with Crippen molar-refractivity contribution in [2.24, 2.45) is 5.41 Å². The van der Waals surface area contributed by atoms with Crippen molar-refractivity contribution >= 4 is 14.8 Å². The van der Waals surface area contributed by atoms with Gasteiger partial charge in [-0.3, -0.25) is 4.79 Å². The van der Waals surface area contributed by atoms with Crippen LogP contribution in [0.3, 0.4) is 0 Å². The zero-order valence-corrected chi connectivity index (χ0v) is 11.3. The Labute approximate surface area is 93.2 Å². The van der Waals surface area contributed by atoms with Gasteiger partial charge < -0.3 is 9.16 Å². The first-order valence-corrected chi connectivity index (χ1v) is 8.11. The lowest BCUT2D eigenvalue weighted by Crippen LogP contribution is -2.35. The summed E-state index contributed by atoms with van der Waals surface area (Å²) in [4.78, 5) is 11.1. The van der Waals surface area contributed by atoms with Gasteiger partial charge in [-0.25, -0.2) is 0 Å². The summed E-state index contributed by atoms with van der Waals surface area (Å²) >= 11 is 0. The second-order valence-corrected chi connectivity index (χ2v) is 7.60. The molecule has 3 nitrogen and oxygen atoms in total. The smallest absolute Gasteiger partial charge is 0.196 e. The van der Waals surface area contributed by atoms with E-state index in [2.05, 4.69) is 33.9 Å². The highest BCUT2D eigenvalue weighted by Crippen LogP contribution is 2.30. The summed E-state index contributed by atoms with van der Waals surface area (Å²) in [5, 5.41) is 0. The predicted molar refractivity (Wildman–Crippen MR) is 62.2 cm³/mol. The van der Waals surface area contributed by atoms with E-state index in [0.717, 1.165) is 0 Å². The minimum absolute atomic E-state index is 0.0340. The molecule has 1 heterocycles. The Hall–Kier alpha value is -0.613. The zero-order chi connectivity index (χ0) is 11.6. The van der Waals surface area contributed by atoms with Crippen molar-refractivity contribution in [2.45, 2.75) is 40.0 Å². The summed E-state index contributed by atoms with van der Waals surface area (Å²) in [6.45, 7) is 10.7. The van der Waals surface area contributed by atoms with Gasteiger partial charge in [0.15, 0.2) is 21.4 Å². The summed E-state index contributed by atoms with van der Waals surface area (Å²) in [5.41, 5.74) is -0.0340. The molecule has 0 saturated carbocycles. The van der Waals surface area contributed by atoms with Crippen LogP contribution in [0, 0.1) is 5.41 Å². The van der Waals surface area contributed by atoms with Crippen LogP contribution in [0.15, 0.2) is 11.8 Å². The number of hydrogen-bond acceptors (Lipinski definition) is 3. The molecule has 15 heavy (non-hydrogen) atoms. The molecule has 0 N–H and O–H groups in total. The van der Waals surface area contributed by atoms with E-state index in [1.54, 1.807) is 6.08 Å². The molecule has 86 valence electrons. The van der Waals surface area contributed by atoms with Crippen LogP contribution < -0.4 is 0 Å². The minimum atomic E-state index is -1.14. The molecule has 0 fully saturated rings. The van der Waals surface area contributed by atoms with Crippen LogP contribution in [0.1, 0.15) is 20.8 Å². The maximum atomic E-state index is 11.1. The number of ketones is 1. The molecule has 1 aliphatic heterocycles. The van der Waals surface area contributed by atoms with Crippen LogP contribution in [-0.4, -0.2) is 27.5 Å². The molecule has 1 atom stereocenters. The van der Waals surface area contributed by atoms with Crippen molar-refractivity contribution < 1.29 is 14.0 Å². The van der Waals surface area contributed by atoms with Gasteiger partial charge >= 0.3 is 0 Å². The second-order valence-electron chi connectivity index (χ2n) is 5.23. The normalized spacial score (nSPS) is 19.1. The monoisotopic (exact) mass is 228 g/mol. The van der Waals surface area contributed by atoms with E-state index in [4.69, 9.17) is 9.16 Å². The number of ether oxygens (including phenoxy) is 1. The van der Waals surface area contributed by atoms with Crippen LogP contribution in [-0.2, 0) is 14.0 Å². The number of carbonyl (C=O) groups excluding carboxylic acids is 1. The SMILES string of the molecule is C[SiH](C)O[C@H](C1=CC(=O)CO1)C(C)(C)C. The third kappa shape index (κ3) is 3.46. The summed E-state index contributed by atoms with van der Waals surface area (Å²) in [6, 6.07) is 0. The summed E-state index contributed by atoms with van der Waals surface area (Å²) in [6.07, 6.45) is 1.49. The van der Waals surface area contributed by atoms with Gasteiger partial charge in [0.2, 0.25) is 0 Å². The number of carbonyl (C=O) groups is 1. The molecule has 1 aliphatic rings. The van der Waals surface area contributed by atoms with Crippen LogP contribution in [0.25, 0.3) is 0 Å². The van der Waals surface area contributed by atoms with Crippen molar-refractivity contribution in [1.29, 1.82) is 0 Å². The molecule has 0 aromatic rings. The van der Waals surface area contributed by atoms with Gasteiger partial charge in [-0.15, -0.1) is 0 Å². The zero-order valence-electron chi connectivity index (χ0n) is 10.2. The lowest BCUT2D eigenvalue weighted by Gasteiger charge is -2.32. The minimum Gasteiger partial charge on any atom is -0.487 e. The molecule has 1 rings (SSSR count). The highest BCUT2D eigenvalue weighted by molar-refractivity contribution is 6.48. The average Bonchev–Trinajstić information content (AvgIpc) is 2.45. The molecule has 0 aliphatic carbocycles. The van der Waals surface area contributed by atoms with Gasteiger partial charge in [0.1, 0.15) is 11.9 Å². The molecule has 4 heteroatoms. The van der Waals surface area contributed by atoms with Crippen molar-refractivity contribution in [3.05, 3.63) is 11.8 Å². The lowest BCUT2D eigenvalue weighted by molar-refractivity contribution is -0.116. The fourth-order valence-corrected chi connectivity index (χ4v) is 2.60. The Kier molecular flexibility index (Phi) is 3.73. The molecule has 0 saturated heterocycles. The van der Waals surface area contributed by atoms with Crippen LogP contribution >= 0.6 is 0 Å². The topological polar surface area (TPSA) is 35.5 Å². The largest absolute Gasteiger partial charge is 0.487 e. The van der Waals surface area contributed by atoms with Gasteiger partial charge in [0, 0.05) is 6.08 Å². The third-order valence-electron chi connectivity index (χ3n) is 2.14. The molecule has 0 bridgehead atoms. The Morgan fingerprint density at radius 2 is 2.07 bits per heavy atom. The first-order valence-electron chi connectivity index (χ1n) is 5.33. The fourth-order valence-electron chi connectivity index (χ4n) is 1.52. The maximum Gasteiger partial charge on any atom is 0.196 e. The van der Waals surface area contributed by atoms with Gasteiger partial charge in [0.25, 0.3) is 0 Å². The first-order chi connectivity index (χ1) is 6.80. The Bertz CT molecular complexity index is 276. The van der Waals surface area contributed by atoms with E-state index >= 15 is 0 Å². The summed E-state index contributed by atoms with van der Waals surface area (Å²) < 4.78 is 11.3. The van der Waals surface area contributed by atoms with Crippen LogP contribution in [0.5, 0.6) is 0 Å². The van der Waals surface area contributed by atoms with E-state index < -0.39 is 9.04 Å². The van der Waals surface area contributed by atoms with Crippen molar-refractivity contribution in [3.8, 4) is 0 Å². The van der Waals surface area contributed by atoms with Crippen LogP contribution in [0.2, 0.25) is 13.1 Å². The highest BCUT2D eigenvalue weighted by Gasteiger charge is 2.33. The Morgan fingerprint density at radius 3 is 2.40 bits per heavy atom. The average molecular weight is 228 g/mol. The van der Waals surface area contributed by atoms with E-state index in [-0.39, 0.29) is 23.9 Å². The standard InChI is InChI=1S/C11H20O3Si/c1-11(2,3)10(14-15(4)5)9-6-8(12)7-13-9/h6,10,15H,7H2,1-5H3/t10-/m1/s1. The van der Waals surface area contributed by atoms with E-state index in [0.29, 0.717) is 5.76 Å². The van der Waals surface area contributed by atoms with E-state index in [9.17, 15) is 4.79 Å². The van der Waals surface area contributed by atoms with E-state index in [1.807, 2.05) is 0 Å². The van der Waals surface area contributed by atoms with Gasteiger partial charge in [-0.1, -0.05) is 20.8 Å². The first kappa shape index (κ1) is 12.5. The third-order valence-corrected chi connectivity index (χ3v) is 2.95. The maximum absolute atomic E-state index is 11.1. The summed E-state index contributed by atoms with van der Waals surface area (Å²) in [7, 11) is -1.14. The second kappa shape index (κ2) is 4.49. The quantitative estimate of drug-likeness (QED) is 0.692. The molecule has 0 amide bonds. The van der Waals surface area contributed by atoms with Crippen LogP contribution in [0.4, 0.5) is 0 Å². The number of hydrogen-bond donors (Lipinski definition) is 0. The van der Waals surface area contributed by atoms with Gasteiger partial charge in [-0.2, -0.15) is 0 Å². The lowest BCUT2D eigenvalue weighted by atomic mass is 9.88. The molecule has 0 aromatic carbocycles. The van der Waals surface area contributed by atoms with Crippen molar-refractivity contribution in [3.63, 3.8) is 0 Å². The molecule has 0 radical (unpaired) electrons. The molecule has 0 aromatic heterocycles. The Morgan fingerprint density at radius 1 is 1.47 bits per heavy atom. The molecular formula is C11H20O3Si. The van der Waals surface area contributed by atoms with E-state index in [1.165, 1.54) is 0 Å². The molecule has 0 spiro atoms. The highest BCUT2D eigenvalue weighted by atomic mass is 28.3. The van der Waals surface area contributed by atoms with Gasteiger partial charge in [-0.05, 0) is 18.5 Å². The van der Waals surface area contributed by atoms with Crippen molar-refractivity contribution in [2.75, 3.05) is 6.61 Å². The molecule has 0 unspecified atom stereocenters. The summed E-state index contributed by atoms with van der Waals surface area (Å²) in [5.74, 6) is 0.738. The fraction of sp³-hybridized carbons (Fsp3) is 0.727. The molecular weight excluding hydrogens is 208 g/mol. The Balaban J connectivity index is 2.82. The van der Waals surface area contributed by atoms with Gasteiger partial charge in [0.05, 0.1) is 0 Å². The predicted octanol–water partition coefficient (Wildman–Crippen LogP) is 1.88. The van der Waals surface area contributed by atoms with Crippen molar-refractivity contribution in [1.82, 2.24) is 0 Å². The number of rotatable bonds is 3.